The number of anilines is 1. The van der Waals surface area contributed by atoms with Crippen LogP contribution in [0, 0.1) is 12.7 Å². The average molecular weight is 488 g/mol. The minimum absolute atomic E-state index is 0.0246. The van der Waals surface area contributed by atoms with Gasteiger partial charge in [0.1, 0.15) is 10.7 Å². The minimum Gasteiger partial charge on any atom is -0.336 e. The Morgan fingerprint density at radius 2 is 1.65 bits per heavy atom. The van der Waals surface area contributed by atoms with Gasteiger partial charge < -0.3 is 10.2 Å². The summed E-state index contributed by atoms with van der Waals surface area (Å²) in [6.45, 7) is 5.28. The molecule has 2 saturated heterocycles. The van der Waals surface area contributed by atoms with E-state index in [0.717, 1.165) is 50.8 Å². The maximum atomic E-state index is 14.4. The zero-order valence-corrected chi connectivity index (χ0v) is 20.3. The van der Waals surface area contributed by atoms with E-state index in [2.05, 4.69) is 12.2 Å². The zero-order chi connectivity index (χ0) is 24.5. The maximum absolute atomic E-state index is 14.4. The molecule has 9 heteroatoms. The van der Waals surface area contributed by atoms with E-state index in [0.29, 0.717) is 29.9 Å². The number of carbonyl (C=O) groups is 2. The van der Waals surface area contributed by atoms with Crippen LogP contribution < -0.4 is 5.32 Å². The fourth-order valence-electron chi connectivity index (χ4n) is 4.61. The summed E-state index contributed by atoms with van der Waals surface area (Å²) in [7, 11) is -4.00. The van der Waals surface area contributed by atoms with Crippen LogP contribution in [0.3, 0.4) is 0 Å². The average Bonchev–Trinajstić information content (AvgIpc) is 3.36. The van der Waals surface area contributed by atoms with Crippen molar-refractivity contribution in [3.8, 4) is 0 Å². The molecule has 7 nitrogen and oxygen atoms in total. The predicted octanol–water partition coefficient (Wildman–Crippen LogP) is 4.19. The van der Waals surface area contributed by atoms with Crippen LogP contribution >= 0.6 is 0 Å². The zero-order valence-electron chi connectivity index (χ0n) is 19.5. The van der Waals surface area contributed by atoms with Gasteiger partial charge in [0.05, 0.1) is 0 Å². The van der Waals surface area contributed by atoms with Crippen molar-refractivity contribution >= 4 is 27.5 Å². The number of hydrogen-bond acceptors (Lipinski definition) is 4. The Morgan fingerprint density at radius 3 is 2.32 bits per heavy atom. The number of rotatable bonds is 5. The molecule has 1 N–H and O–H groups in total. The monoisotopic (exact) mass is 487 g/mol. The Kier molecular flexibility index (Phi) is 7.04. The van der Waals surface area contributed by atoms with Gasteiger partial charge >= 0.3 is 0 Å². The molecule has 4 rings (SSSR count). The van der Waals surface area contributed by atoms with Gasteiger partial charge in [0, 0.05) is 42.5 Å². The standard InChI is InChI=1S/C25H30FN3O4S/c1-17-15-20(25(31)29-14-4-3-7-18(29)2)9-11-22(17)27-24(30)19-8-10-21(26)23(16-19)34(32,33)28-12-5-6-13-28/h8-11,15-16,18H,3-7,12-14H2,1-2H3,(H,27,30). The van der Waals surface area contributed by atoms with E-state index in [4.69, 9.17) is 0 Å². The molecule has 0 aromatic heterocycles. The topological polar surface area (TPSA) is 86.8 Å². The van der Waals surface area contributed by atoms with Crippen LogP contribution in [-0.2, 0) is 10.0 Å². The van der Waals surface area contributed by atoms with E-state index in [1.165, 1.54) is 10.4 Å². The summed E-state index contributed by atoms with van der Waals surface area (Å²) in [5.74, 6) is -1.46. The highest BCUT2D eigenvalue weighted by Gasteiger charge is 2.30. The largest absolute Gasteiger partial charge is 0.336 e. The molecule has 2 fully saturated rings. The van der Waals surface area contributed by atoms with Crippen LogP contribution in [0.1, 0.15) is 65.3 Å². The van der Waals surface area contributed by atoms with Gasteiger partial charge in [-0.3, -0.25) is 9.59 Å². The van der Waals surface area contributed by atoms with Crippen molar-refractivity contribution in [2.75, 3.05) is 25.0 Å². The number of nitrogens with one attached hydrogen (secondary N) is 1. The fourth-order valence-corrected chi connectivity index (χ4v) is 6.21. The second kappa shape index (κ2) is 9.84. The molecule has 1 atom stereocenters. The van der Waals surface area contributed by atoms with Crippen molar-refractivity contribution in [1.29, 1.82) is 0 Å². The van der Waals surface area contributed by atoms with Crippen molar-refractivity contribution in [2.45, 2.75) is 56.9 Å². The van der Waals surface area contributed by atoms with Crippen molar-refractivity contribution in [1.82, 2.24) is 9.21 Å². The molecule has 0 aliphatic carbocycles. The number of halogens is 1. The Bertz CT molecular complexity index is 1210. The van der Waals surface area contributed by atoms with E-state index in [1.807, 2.05) is 4.90 Å². The second-order valence-corrected chi connectivity index (χ2v) is 11.0. The predicted molar refractivity (Wildman–Crippen MR) is 128 cm³/mol. The lowest BCUT2D eigenvalue weighted by Crippen LogP contribution is -2.42. The normalized spacial score (nSPS) is 19.3. The van der Waals surface area contributed by atoms with E-state index >= 15 is 0 Å². The third kappa shape index (κ3) is 4.86. The molecule has 2 heterocycles. The number of benzene rings is 2. The van der Waals surface area contributed by atoms with Gasteiger partial charge in [-0.2, -0.15) is 4.31 Å². The third-order valence-electron chi connectivity index (χ3n) is 6.66. The van der Waals surface area contributed by atoms with E-state index in [-0.39, 0.29) is 17.5 Å². The molecule has 2 aromatic carbocycles. The summed E-state index contributed by atoms with van der Waals surface area (Å²) in [6.07, 6.45) is 4.58. The number of hydrogen-bond donors (Lipinski definition) is 1. The van der Waals surface area contributed by atoms with Gasteiger partial charge in [0.25, 0.3) is 11.8 Å². The first-order chi connectivity index (χ1) is 16.2. The highest BCUT2D eigenvalue weighted by atomic mass is 32.2. The van der Waals surface area contributed by atoms with Gasteiger partial charge in [-0.1, -0.05) is 0 Å². The summed E-state index contributed by atoms with van der Waals surface area (Å²) in [5.41, 5.74) is 1.81. The molecule has 2 amide bonds. The Labute approximate surface area is 200 Å². The van der Waals surface area contributed by atoms with Crippen LogP contribution in [0.2, 0.25) is 0 Å². The molecule has 1 unspecified atom stereocenters. The number of likely N-dealkylation sites (tertiary alicyclic amines) is 1. The first kappa shape index (κ1) is 24.3. The first-order valence-electron chi connectivity index (χ1n) is 11.7. The minimum atomic E-state index is -4.00. The number of piperidine rings is 1. The lowest BCUT2D eigenvalue weighted by Gasteiger charge is -2.33. The summed E-state index contributed by atoms with van der Waals surface area (Å²) < 4.78 is 41.3. The van der Waals surface area contributed by atoms with E-state index < -0.39 is 26.6 Å². The quantitative estimate of drug-likeness (QED) is 0.685. The SMILES string of the molecule is Cc1cc(C(=O)N2CCCCC2C)ccc1NC(=O)c1ccc(F)c(S(=O)(=O)N2CCCC2)c1. The van der Waals surface area contributed by atoms with Gasteiger partial charge in [0.2, 0.25) is 10.0 Å². The molecule has 0 saturated carbocycles. The molecule has 2 aliphatic heterocycles. The number of aryl methyl sites for hydroxylation is 1. The van der Waals surface area contributed by atoms with Gasteiger partial charge in [-0.05, 0) is 87.9 Å². The summed E-state index contributed by atoms with van der Waals surface area (Å²) in [5, 5.41) is 2.75. The molecular weight excluding hydrogens is 457 g/mol. The Morgan fingerprint density at radius 1 is 0.971 bits per heavy atom. The Hall–Kier alpha value is -2.78. The van der Waals surface area contributed by atoms with Gasteiger partial charge in [0.15, 0.2) is 0 Å². The second-order valence-electron chi connectivity index (χ2n) is 9.08. The van der Waals surface area contributed by atoms with Crippen molar-refractivity contribution in [2.24, 2.45) is 0 Å². The number of sulfonamides is 1. The van der Waals surface area contributed by atoms with Crippen LogP contribution in [-0.4, -0.2) is 55.1 Å². The molecule has 0 spiro atoms. The van der Waals surface area contributed by atoms with Crippen LogP contribution in [0.5, 0.6) is 0 Å². The lowest BCUT2D eigenvalue weighted by atomic mass is 10.0. The molecule has 2 aromatic rings. The van der Waals surface area contributed by atoms with E-state index in [9.17, 15) is 22.4 Å². The number of amides is 2. The van der Waals surface area contributed by atoms with Crippen LogP contribution in [0.25, 0.3) is 0 Å². The molecule has 182 valence electrons. The fraction of sp³-hybridized carbons (Fsp3) is 0.440. The van der Waals surface area contributed by atoms with Crippen LogP contribution in [0.15, 0.2) is 41.3 Å². The highest BCUT2D eigenvalue weighted by molar-refractivity contribution is 7.89. The van der Waals surface area contributed by atoms with Crippen LogP contribution in [0.4, 0.5) is 10.1 Å². The molecule has 0 radical (unpaired) electrons. The van der Waals surface area contributed by atoms with Crippen molar-refractivity contribution in [3.05, 3.63) is 58.9 Å². The Balaban J connectivity index is 1.52. The van der Waals surface area contributed by atoms with Crippen molar-refractivity contribution in [3.63, 3.8) is 0 Å². The van der Waals surface area contributed by atoms with Crippen molar-refractivity contribution < 1.29 is 22.4 Å². The summed E-state index contributed by atoms with van der Waals surface area (Å²) in [6, 6.07) is 8.65. The summed E-state index contributed by atoms with van der Waals surface area (Å²) in [4.78, 5) is 27.2. The highest BCUT2D eigenvalue weighted by Crippen LogP contribution is 2.26. The number of nitrogens with zero attached hydrogens (tertiary/aromatic N) is 2. The third-order valence-corrected chi connectivity index (χ3v) is 8.58. The molecule has 0 bridgehead atoms. The number of carbonyl (C=O) groups excluding carboxylic acids is 2. The first-order valence-corrected chi connectivity index (χ1v) is 13.1. The smallest absolute Gasteiger partial charge is 0.255 e. The van der Waals surface area contributed by atoms with Gasteiger partial charge in [-0.15, -0.1) is 0 Å². The lowest BCUT2D eigenvalue weighted by molar-refractivity contribution is 0.0635. The summed E-state index contributed by atoms with van der Waals surface area (Å²) >= 11 is 0. The molecule has 2 aliphatic rings. The molecular formula is C25H30FN3O4S. The van der Waals surface area contributed by atoms with E-state index in [1.54, 1.807) is 25.1 Å². The molecule has 34 heavy (non-hydrogen) atoms. The van der Waals surface area contributed by atoms with Gasteiger partial charge in [-0.25, -0.2) is 12.8 Å². The maximum Gasteiger partial charge on any atom is 0.255 e.